The Labute approximate surface area is 116 Å². The van der Waals surface area contributed by atoms with Gasteiger partial charge in [0, 0.05) is 39.8 Å². The predicted octanol–water partition coefficient (Wildman–Crippen LogP) is 4.24. The molecule has 0 saturated carbocycles. The summed E-state index contributed by atoms with van der Waals surface area (Å²) in [5, 5.41) is 2.29. The van der Waals surface area contributed by atoms with Crippen LogP contribution >= 0.6 is 11.6 Å². The second kappa shape index (κ2) is 4.71. The number of rotatable bonds is 3. The van der Waals surface area contributed by atoms with Gasteiger partial charge < -0.3 is 4.57 Å². The number of carbonyl (C=O) groups is 1. The summed E-state index contributed by atoms with van der Waals surface area (Å²) in [5.41, 5.74) is 3.05. The molecular weight excluding hydrogens is 258 g/mol. The van der Waals surface area contributed by atoms with Gasteiger partial charge in [0.05, 0.1) is 0 Å². The monoisotopic (exact) mass is 271 g/mol. The van der Waals surface area contributed by atoms with Crippen LogP contribution in [0.25, 0.3) is 21.8 Å². The Hall–Kier alpha value is -1.80. The SMILES string of the molecule is CC(=O)c1ccc2c(c1)c1ccccc1n2CCCl. The summed E-state index contributed by atoms with van der Waals surface area (Å²) in [6, 6.07) is 14.1. The van der Waals surface area contributed by atoms with E-state index in [2.05, 4.69) is 16.7 Å². The minimum atomic E-state index is 0.0936. The number of benzene rings is 2. The number of aromatic nitrogens is 1. The zero-order valence-corrected chi connectivity index (χ0v) is 11.4. The minimum Gasteiger partial charge on any atom is -0.339 e. The third kappa shape index (κ3) is 1.92. The van der Waals surface area contributed by atoms with Crippen molar-refractivity contribution in [1.82, 2.24) is 4.57 Å². The maximum atomic E-state index is 11.5. The first-order chi connectivity index (χ1) is 9.22. The molecule has 3 heteroatoms. The van der Waals surface area contributed by atoms with Crippen LogP contribution in [0.2, 0.25) is 0 Å². The number of ketones is 1. The van der Waals surface area contributed by atoms with Crippen LogP contribution in [0.5, 0.6) is 0 Å². The highest BCUT2D eigenvalue weighted by Gasteiger charge is 2.11. The lowest BCUT2D eigenvalue weighted by Gasteiger charge is -2.04. The van der Waals surface area contributed by atoms with Crippen LogP contribution < -0.4 is 0 Å². The molecule has 0 aliphatic heterocycles. The lowest BCUT2D eigenvalue weighted by atomic mass is 10.1. The van der Waals surface area contributed by atoms with Crippen LogP contribution in [0.15, 0.2) is 42.5 Å². The van der Waals surface area contributed by atoms with Crippen LogP contribution in [0.4, 0.5) is 0 Å². The number of fused-ring (bicyclic) bond motifs is 3. The van der Waals surface area contributed by atoms with Crippen molar-refractivity contribution >= 4 is 39.2 Å². The average Bonchev–Trinajstić information content (AvgIpc) is 2.74. The smallest absolute Gasteiger partial charge is 0.159 e. The van der Waals surface area contributed by atoms with E-state index in [9.17, 15) is 4.79 Å². The Kier molecular flexibility index (Phi) is 3.03. The summed E-state index contributed by atoms with van der Waals surface area (Å²) in [6.45, 7) is 2.37. The van der Waals surface area contributed by atoms with Gasteiger partial charge in [-0.1, -0.05) is 18.2 Å². The van der Waals surface area contributed by atoms with Gasteiger partial charge in [-0.15, -0.1) is 11.6 Å². The normalized spacial score (nSPS) is 11.3. The Bertz CT molecular complexity index is 773. The molecule has 0 aliphatic carbocycles. The summed E-state index contributed by atoms with van der Waals surface area (Å²) < 4.78 is 2.21. The molecule has 0 N–H and O–H groups in total. The second-order valence-corrected chi connectivity index (χ2v) is 5.02. The molecule has 0 fully saturated rings. The second-order valence-electron chi connectivity index (χ2n) is 4.65. The molecule has 2 aromatic carbocycles. The van der Waals surface area contributed by atoms with Gasteiger partial charge in [-0.05, 0) is 31.2 Å². The van der Waals surface area contributed by atoms with Crippen molar-refractivity contribution in [2.24, 2.45) is 0 Å². The van der Waals surface area contributed by atoms with E-state index in [1.54, 1.807) is 6.92 Å². The molecule has 3 aromatic rings. The molecule has 0 amide bonds. The van der Waals surface area contributed by atoms with Gasteiger partial charge in [0.2, 0.25) is 0 Å². The molecule has 0 unspecified atom stereocenters. The number of halogens is 1. The number of carbonyl (C=O) groups excluding carboxylic acids is 1. The molecule has 0 radical (unpaired) electrons. The zero-order valence-electron chi connectivity index (χ0n) is 10.7. The summed E-state index contributed by atoms with van der Waals surface area (Å²) in [5.74, 6) is 0.665. The van der Waals surface area contributed by atoms with Crippen molar-refractivity contribution in [1.29, 1.82) is 0 Å². The minimum absolute atomic E-state index is 0.0936. The third-order valence-corrected chi connectivity index (χ3v) is 3.66. The fourth-order valence-electron chi connectivity index (χ4n) is 2.60. The first kappa shape index (κ1) is 12.2. The molecule has 0 saturated heterocycles. The maximum Gasteiger partial charge on any atom is 0.159 e. The number of aryl methyl sites for hydroxylation is 1. The molecule has 1 heterocycles. The van der Waals surface area contributed by atoms with Crippen LogP contribution in [0.3, 0.4) is 0 Å². The van der Waals surface area contributed by atoms with Crippen LogP contribution in [-0.4, -0.2) is 16.2 Å². The molecule has 3 rings (SSSR count). The molecule has 96 valence electrons. The average molecular weight is 272 g/mol. The van der Waals surface area contributed by atoms with Crippen molar-refractivity contribution in [2.75, 3.05) is 5.88 Å². The molecule has 2 nitrogen and oxygen atoms in total. The van der Waals surface area contributed by atoms with E-state index in [0.29, 0.717) is 5.88 Å². The van der Waals surface area contributed by atoms with E-state index < -0.39 is 0 Å². The van der Waals surface area contributed by atoms with Gasteiger partial charge in [0.1, 0.15) is 0 Å². The highest BCUT2D eigenvalue weighted by Crippen LogP contribution is 2.29. The number of nitrogens with zero attached hydrogens (tertiary/aromatic N) is 1. The summed E-state index contributed by atoms with van der Waals surface area (Å²) >= 11 is 5.90. The van der Waals surface area contributed by atoms with Crippen LogP contribution in [-0.2, 0) is 6.54 Å². The van der Waals surface area contributed by atoms with Gasteiger partial charge in [-0.3, -0.25) is 4.79 Å². The third-order valence-electron chi connectivity index (χ3n) is 3.49. The largest absolute Gasteiger partial charge is 0.339 e. The van der Waals surface area contributed by atoms with Gasteiger partial charge in [-0.25, -0.2) is 0 Å². The summed E-state index contributed by atoms with van der Waals surface area (Å²) in [7, 11) is 0. The van der Waals surface area contributed by atoms with Gasteiger partial charge >= 0.3 is 0 Å². The van der Waals surface area contributed by atoms with E-state index in [0.717, 1.165) is 23.0 Å². The standard InChI is InChI=1S/C16H14ClNO/c1-11(19)12-6-7-16-14(10-12)13-4-2-3-5-15(13)18(16)9-8-17/h2-7,10H,8-9H2,1H3. The van der Waals surface area contributed by atoms with E-state index in [1.165, 1.54) is 10.9 Å². The van der Waals surface area contributed by atoms with Crippen molar-refractivity contribution in [3.8, 4) is 0 Å². The number of para-hydroxylation sites is 1. The first-order valence-electron chi connectivity index (χ1n) is 6.30. The Morgan fingerprint density at radius 2 is 1.84 bits per heavy atom. The van der Waals surface area contributed by atoms with Crippen LogP contribution in [0, 0.1) is 0 Å². The molecule has 0 aliphatic rings. The number of Topliss-reactive ketones (excluding diaryl/α,β-unsaturated/α-hetero) is 1. The van der Waals surface area contributed by atoms with Crippen LogP contribution in [0.1, 0.15) is 17.3 Å². The number of hydrogen-bond donors (Lipinski definition) is 0. The summed E-state index contributed by atoms with van der Waals surface area (Å²) in [6.07, 6.45) is 0. The van der Waals surface area contributed by atoms with E-state index in [-0.39, 0.29) is 5.78 Å². The van der Waals surface area contributed by atoms with Gasteiger partial charge in [0.25, 0.3) is 0 Å². The lowest BCUT2D eigenvalue weighted by Crippen LogP contribution is -1.98. The summed E-state index contributed by atoms with van der Waals surface area (Å²) in [4.78, 5) is 11.5. The molecule has 0 spiro atoms. The van der Waals surface area contributed by atoms with E-state index in [1.807, 2.05) is 30.3 Å². The van der Waals surface area contributed by atoms with Gasteiger partial charge in [-0.2, -0.15) is 0 Å². The topological polar surface area (TPSA) is 22.0 Å². The Morgan fingerprint density at radius 1 is 1.11 bits per heavy atom. The fraction of sp³-hybridized carbons (Fsp3) is 0.188. The van der Waals surface area contributed by atoms with E-state index in [4.69, 9.17) is 11.6 Å². The van der Waals surface area contributed by atoms with Crippen molar-refractivity contribution in [3.63, 3.8) is 0 Å². The van der Waals surface area contributed by atoms with Gasteiger partial charge in [0.15, 0.2) is 5.78 Å². The highest BCUT2D eigenvalue weighted by atomic mass is 35.5. The fourth-order valence-corrected chi connectivity index (χ4v) is 2.77. The number of alkyl halides is 1. The molecule has 0 atom stereocenters. The Morgan fingerprint density at radius 3 is 2.58 bits per heavy atom. The maximum absolute atomic E-state index is 11.5. The molecule has 19 heavy (non-hydrogen) atoms. The van der Waals surface area contributed by atoms with E-state index >= 15 is 0 Å². The predicted molar refractivity (Wildman–Crippen MR) is 80.2 cm³/mol. The lowest BCUT2D eigenvalue weighted by molar-refractivity contribution is 0.101. The van der Waals surface area contributed by atoms with Crippen molar-refractivity contribution in [2.45, 2.75) is 13.5 Å². The zero-order chi connectivity index (χ0) is 13.4. The van der Waals surface area contributed by atoms with Crippen molar-refractivity contribution in [3.05, 3.63) is 48.0 Å². The molecular formula is C16H14ClNO. The highest BCUT2D eigenvalue weighted by molar-refractivity contribution is 6.18. The quantitative estimate of drug-likeness (QED) is 0.516. The molecule has 0 bridgehead atoms. The number of hydrogen-bond acceptors (Lipinski definition) is 1. The first-order valence-corrected chi connectivity index (χ1v) is 6.83. The van der Waals surface area contributed by atoms with Crippen molar-refractivity contribution < 1.29 is 4.79 Å². The Balaban J connectivity index is 2.41. The molecule has 1 aromatic heterocycles.